The fourth-order valence-electron chi connectivity index (χ4n) is 3.30. The summed E-state index contributed by atoms with van der Waals surface area (Å²) in [5.74, 6) is 0. The third-order valence-corrected chi connectivity index (χ3v) is 4.70. The van der Waals surface area contributed by atoms with E-state index in [9.17, 15) is 9.90 Å². The molecule has 9 nitrogen and oxygen atoms in total. The Morgan fingerprint density at radius 1 is 1.36 bits per heavy atom. The first-order valence-corrected chi connectivity index (χ1v) is 9.44. The van der Waals surface area contributed by atoms with Crippen LogP contribution in [0.3, 0.4) is 0 Å². The second kappa shape index (κ2) is 10.2. The van der Waals surface area contributed by atoms with Gasteiger partial charge in [0.1, 0.15) is 11.8 Å². The van der Waals surface area contributed by atoms with Crippen molar-refractivity contribution in [1.29, 1.82) is 0 Å². The molecule has 0 radical (unpaired) electrons. The van der Waals surface area contributed by atoms with E-state index in [2.05, 4.69) is 20.9 Å². The minimum Gasteiger partial charge on any atom is -0.394 e. The quantitative estimate of drug-likeness (QED) is 0.632. The number of nitrogens with zero attached hydrogens (tertiary/aromatic N) is 3. The highest BCUT2D eigenvalue weighted by Gasteiger charge is 2.31. The number of methoxy groups -OCH3 is 1. The molecule has 2 amide bonds. The first-order chi connectivity index (χ1) is 13.7. The van der Waals surface area contributed by atoms with Crippen LogP contribution in [0, 0.1) is 0 Å². The summed E-state index contributed by atoms with van der Waals surface area (Å²) in [5.41, 5.74) is 1.50. The lowest BCUT2D eigenvalue weighted by Gasteiger charge is -2.36. The molecule has 1 aliphatic rings. The van der Waals surface area contributed by atoms with Crippen LogP contribution in [-0.2, 0) is 22.6 Å². The molecule has 0 aliphatic carbocycles. The molecule has 0 spiro atoms. The van der Waals surface area contributed by atoms with Crippen molar-refractivity contribution in [3.8, 4) is 0 Å². The van der Waals surface area contributed by atoms with Gasteiger partial charge in [0.05, 0.1) is 31.6 Å². The Morgan fingerprint density at radius 2 is 2.18 bits per heavy atom. The van der Waals surface area contributed by atoms with Gasteiger partial charge < -0.3 is 25.2 Å². The number of rotatable bonds is 8. The maximum Gasteiger partial charge on any atom is 0.319 e. The van der Waals surface area contributed by atoms with Gasteiger partial charge in [0, 0.05) is 19.3 Å². The molecule has 152 valence electrons. The van der Waals surface area contributed by atoms with Gasteiger partial charge in [-0.25, -0.2) is 4.79 Å². The van der Waals surface area contributed by atoms with E-state index in [4.69, 9.17) is 9.47 Å². The highest BCUT2D eigenvalue weighted by atomic mass is 16.5. The Bertz CT molecular complexity index is 739. The number of urea groups is 1. The number of aliphatic hydroxyl groups is 1. The summed E-state index contributed by atoms with van der Waals surface area (Å²) in [7, 11) is 1.62. The van der Waals surface area contributed by atoms with Crippen molar-refractivity contribution < 1.29 is 19.4 Å². The lowest BCUT2D eigenvalue weighted by Crippen LogP contribution is -2.52. The summed E-state index contributed by atoms with van der Waals surface area (Å²) in [4.78, 5) is 12.2. The van der Waals surface area contributed by atoms with E-state index >= 15 is 0 Å². The predicted octanol–water partition coefficient (Wildman–Crippen LogP) is 1.54. The molecule has 1 fully saturated rings. The van der Waals surface area contributed by atoms with E-state index in [1.165, 1.54) is 0 Å². The van der Waals surface area contributed by atoms with Crippen LogP contribution >= 0.6 is 0 Å². The van der Waals surface area contributed by atoms with Gasteiger partial charge in [-0.15, -0.1) is 5.10 Å². The molecule has 0 unspecified atom stereocenters. The van der Waals surface area contributed by atoms with Crippen LogP contribution in [-0.4, -0.2) is 58.1 Å². The van der Waals surface area contributed by atoms with Gasteiger partial charge in [0.2, 0.25) is 0 Å². The van der Waals surface area contributed by atoms with Crippen LogP contribution in [0.25, 0.3) is 0 Å². The molecule has 3 atom stereocenters. The molecule has 2 aromatic rings. The van der Waals surface area contributed by atoms with Crippen molar-refractivity contribution in [2.24, 2.45) is 0 Å². The number of aryl methyl sites for hydroxylation is 1. The summed E-state index contributed by atoms with van der Waals surface area (Å²) in [6.45, 7) is 0.963. The van der Waals surface area contributed by atoms with Crippen LogP contribution in [0.1, 0.15) is 25.0 Å². The normalized spacial score (nSPS) is 22.0. The standard InChI is InChI=1S/C19H27N5O4/c1-27-13-15-11-24(23-22-15)10-9-16-7-8-17(18(12-25)28-16)21-19(26)20-14-5-3-2-4-6-14/h2-6,11,16-18,25H,7-10,12-13H2,1H3,(H2,20,21,26)/t16-,17-,18+/m1/s1. The smallest absolute Gasteiger partial charge is 0.319 e. The number of para-hydroxylation sites is 1. The summed E-state index contributed by atoms with van der Waals surface area (Å²) >= 11 is 0. The number of hydrogen-bond donors (Lipinski definition) is 3. The monoisotopic (exact) mass is 389 g/mol. The van der Waals surface area contributed by atoms with Crippen LogP contribution in [0.15, 0.2) is 36.5 Å². The molecule has 1 aromatic carbocycles. The summed E-state index contributed by atoms with van der Waals surface area (Å²) in [6.07, 6.45) is 3.72. The lowest BCUT2D eigenvalue weighted by molar-refractivity contribution is -0.0905. The zero-order valence-electron chi connectivity index (χ0n) is 16.0. The first-order valence-electron chi connectivity index (χ1n) is 9.44. The first kappa shape index (κ1) is 20.2. The molecular weight excluding hydrogens is 362 g/mol. The second-order valence-corrected chi connectivity index (χ2v) is 6.82. The zero-order chi connectivity index (χ0) is 19.8. The molecule has 2 heterocycles. The van der Waals surface area contributed by atoms with Crippen molar-refractivity contribution >= 4 is 11.7 Å². The van der Waals surface area contributed by atoms with Gasteiger partial charge in [-0.2, -0.15) is 0 Å². The van der Waals surface area contributed by atoms with Crippen molar-refractivity contribution in [2.75, 3.05) is 19.0 Å². The molecule has 1 saturated heterocycles. The van der Waals surface area contributed by atoms with E-state index in [0.717, 1.165) is 30.6 Å². The highest BCUT2D eigenvalue weighted by molar-refractivity contribution is 5.89. The van der Waals surface area contributed by atoms with E-state index in [1.807, 2.05) is 36.5 Å². The number of carbonyl (C=O) groups is 1. The minimum atomic E-state index is -0.430. The fraction of sp³-hybridized carbons (Fsp3) is 0.526. The average molecular weight is 389 g/mol. The third kappa shape index (κ3) is 5.75. The van der Waals surface area contributed by atoms with Crippen LogP contribution in [0.4, 0.5) is 10.5 Å². The number of anilines is 1. The van der Waals surface area contributed by atoms with Crippen LogP contribution in [0.2, 0.25) is 0 Å². The maximum atomic E-state index is 12.2. The number of benzene rings is 1. The minimum absolute atomic E-state index is 0.00228. The predicted molar refractivity (Wildman–Crippen MR) is 103 cm³/mol. The Kier molecular flexibility index (Phi) is 7.35. The fourth-order valence-corrected chi connectivity index (χ4v) is 3.30. The SMILES string of the molecule is COCc1cn(CC[C@H]2CC[C@@H](NC(=O)Nc3ccccc3)[C@H](CO)O2)nn1. The van der Waals surface area contributed by atoms with Crippen molar-refractivity contribution in [3.05, 3.63) is 42.2 Å². The number of nitrogens with one attached hydrogen (secondary N) is 2. The second-order valence-electron chi connectivity index (χ2n) is 6.82. The molecule has 3 N–H and O–H groups in total. The molecule has 1 aliphatic heterocycles. The summed E-state index contributed by atoms with van der Waals surface area (Å²) in [5, 5.41) is 23.5. The molecule has 28 heavy (non-hydrogen) atoms. The molecule has 3 rings (SSSR count). The molecular formula is C19H27N5O4. The lowest BCUT2D eigenvalue weighted by atomic mass is 9.97. The van der Waals surface area contributed by atoms with E-state index < -0.39 is 6.10 Å². The molecule has 0 saturated carbocycles. The number of aromatic nitrogens is 3. The Balaban J connectivity index is 1.45. The van der Waals surface area contributed by atoms with Gasteiger partial charge >= 0.3 is 6.03 Å². The Labute approximate surface area is 164 Å². The summed E-state index contributed by atoms with van der Waals surface area (Å²) in [6, 6.07) is 8.70. The average Bonchev–Trinajstić information content (AvgIpc) is 3.15. The summed E-state index contributed by atoms with van der Waals surface area (Å²) < 4.78 is 12.8. The number of aliphatic hydroxyl groups excluding tert-OH is 1. The van der Waals surface area contributed by atoms with Gasteiger partial charge in [0.25, 0.3) is 0 Å². The highest BCUT2D eigenvalue weighted by Crippen LogP contribution is 2.22. The zero-order valence-corrected chi connectivity index (χ0v) is 16.0. The van der Waals surface area contributed by atoms with Crippen molar-refractivity contribution in [3.63, 3.8) is 0 Å². The van der Waals surface area contributed by atoms with E-state index in [-0.39, 0.29) is 24.8 Å². The van der Waals surface area contributed by atoms with Gasteiger partial charge in [-0.1, -0.05) is 23.4 Å². The van der Waals surface area contributed by atoms with Gasteiger partial charge in [0.15, 0.2) is 0 Å². The number of amides is 2. The number of ether oxygens (including phenoxy) is 2. The molecule has 1 aromatic heterocycles. The third-order valence-electron chi connectivity index (χ3n) is 4.70. The van der Waals surface area contributed by atoms with Crippen LogP contribution in [0.5, 0.6) is 0 Å². The number of hydrogen-bond acceptors (Lipinski definition) is 6. The Morgan fingerprint density at radius 3 is 2.93 bits per heavy atom. The van der Waals surface area contributed by atoms with Crippen molar-refractivity contribution in [1.82, 2.24) is 20.3 Å². The van der Waals surface area contributed by atoms with Gasteiger partial charge in [-0.05, 0) is 31.4 Å². The Hall–Kier alpha value is -2.49. The number of carbonyl (C=O) groups excluding carboxylic acids is 1. The van der Waals surface area contributed by atoms with E-state index in [1.54, 1.807) is 11.8 Å². The topological polar surface area (TPSA) is 111 Å². The van der Waals surface area contributed by atoms with Crippen LogP contribution < -0.4 is 10.6 Å². The van der Waals surface area contributed by atoms with Crippen molar-refractivity contribution in [2.45, 2.75) is 50.7 Å². The molecule has 9 heteroatoms. The van der Waals surface area contributed by atoms with E-state index in [0.29, 0.717) is 13.2 Å². The largest absolute Gasteiger partial charge is 0.394 e. The molecule has 0 bridgehead atoms. The maximum absolute atomic E-state index is 12.2. The van der Waals surface area contributed by atoms with Gasteiger partial charge in [-0.3, -0.25) is 4.68 Å².